The fourth-order valence-corrected chi connectivity index (χ4v) is 5.47. The second kappa shape index (κ2) is 9.81. The zero-order chi connectivity index (χ0) is 22.6. The van der Waals surface area contributed by atoms with E-state index >= 15 is 0 Å². The zero-order valence-electron chi connectivity index (χ0n) is 17.7. The van der Waals surface area contributed by atoms with Crippen LogP contribution in [-0.4, -0.2) is 63.2 Å². The van der Waals surface area contributed by atoms with Gasteiger partial charge in [0.05, 0.1) is 23.9 Å². The van der Waals surface area contributed by atoms with Crippen molar-refractivity contribution >= 4 is 26.6 Å². The van der Waals surface area contributed by atoms with Gasteiger partial charge in [-0.2, -0.15) is 0 Å². The number of carbonyl (C=O) groups excluding carboxylic acids is 1. The lowest BCUT2D eigenvalue weighted by Gasteiger charge is -2.26. The highest BCUT2D eigenvalue weighted by Crippen LogP contribution is 2.28. The van der Waals surface area contributed by atoms with Crippen molar-refractivity contribution in [3.8, 4) is 0 Å². The molecule has 0 aliphatic carbocycles. The van der Waals surface area contributed by atoms with Gasteiger partial charge in [0.25, 0.3) is 0 Å². The Morgan fingerprint density at radius 2 is 1.78 bits per heavy atom. The fourth-order valence-electron chi connectivity index (χ4n) is 3.88. The minimum Gasteiger partial charge on any atom is -0.379 e. The Hall–Kier alpha value is -2.75. The van der Waals surface area contributed by atoms with Gasteiger partial charge in [0, 0.05) is 48.8 Å². The Balaban J connectivity index is 1.49. The molecule has 2 aromatic carbocycles. The monoisotopic (exact) mass is 459 g/mol. The summed E-state index contributed by atoms with van der Waals surface area (Å²) in [6, 6.07) is 12.9. The lowest BCUT2D eigenvalue weighted by atomic mass is 10.2. The average molecular weight is 460 g/mol. The number of nitrogens with one attached hydrogen (secondary N) is 1. The first kappa shape index (κ1) is 22.4. The Morgan fingerprint density at radius 3 is 2.56 bits per heavy atom. The van der Waals surface area contributed by atoms with E-state index < -0.39 is 21.4 Å². The molecule has 0 unspecified atom stereocenters. The number of aromatic nitrogens is 1. The Bertz CT molecular complexity index is 1200. The topological polar surface area (TPSA) is 80.6 Å². The molecule has 0 bridgehead atoms. The number of para-hydroxylation sites is 1. The van der Waals surface area contributed by atoms with Gasteiger partial charge in [-0.1, -0.05) is 36.4 Å². The molecule has 0 radical (unpaired) electrons. The summed E-state index contributed by atoms with van der Waals surface area (Å²) in [5.74, 6) is -1.20. The maximum atomic E-state index is 14.0. The van der Waals surface area contributed by atoms with Crippen LogP contribution in [0.2, 0.25) is 0 Å². The van der Waals surface area contributed by atoms with Crippen LogP contribution in [0.4, 0.5) is 4.39 Å². The second-order valence-corrected chi connectivity index (χ2v) is 9.75. The minimum absolute atomic E-state index is 0.00115. The van der Waals surface area contributed by atoms with Crippen LogP contribution in [0.15, 0.2) is 59.6 Å². The highest BCUT2D eigenvalue weighted by Gasteiger charge is 2.23. The average Bonchev–Trinajstić information content (AvgIpc) is 3.15. The summed E-state index contributed by atoms with van der Waals surface area (Å²) in [5, 5.41) is 3.42. The van der Waals surface area contributed by atoms with E-state index in [-0.39, 0.29) is 22.9 Å². The van der Waals surface area contributed by atoms with Gasteiger partial charge in [-0.15, -0.1) is 0 Å². The van der Waals surface area contributed by atoms with Crippen molar-refractivity contribution < 1.29 is 22.3 Å². The third-order valence-corrected chi connectivity index (χ3v) is 7.24. The van der Waals surface area contributed by atoms with Crippen LogP contribution in [-0.2, 0) is 31.7 Å². The first-order valence-electron chi connectivity index (χ1n) is 10.5. The van der Waals surface area contributed by atoms with Crippen molar-refractivity contribution in [1.82, 2.24) is 14.8 Å². The molecule has 1 saturated heterocycles. The van der Waals surface area contributed by atoms with Crippen LogP contribution < -0.4 is 5.32 Å². The first-order chi connectivity index (χ1) is 15.4. The third-order valence-electron chi connectivity index (χ3n) is 5.56. The second-order valence-electron chi connectivity index (χ2n) is 7.79. The number of fused-ring (bicyclic) bond motifs is 1. The Labute approximate surface area is 186 Å². The molecule has 1 aliphatic rings. The molecule has 3 aromatic rings. The lowest BCUT2D eigenvalue weighted by Crippen LogP contribution is -2.41. The Kier molecular flexibility index (Phi) is 6.88. The van der Waals surface area contributed by atoms with Crippen molar-refractivity contribution in [3.63, 3.8) is 0 Å². The fraction of sp³-hybridized carbons (Fsp3) is 0.348. The zero-order valence-corrected chi connectivity index (χ0v) is 18.5. The van der Waals surface area contributed by atoms with Crippen molar-refractivity contribution in [1.29, 1.82) is 0 Å². The van der Waals surface area contributed by atoms with E-state index in [1.165, 1.54) is 24.4 Å². The van der Waals surface area contributed by atoms with Gasteiger partial charge in [-0.05, 0) is 12.1 Å². The minimum atomic E-state index is -3.82. The molecule has 1 aliphatic heterocycles. The summed E-state index contributed by atoms with van der Waals surface area (Å²) in [6.07, 6.45) is 1.47. The van der Waals surface area contributed by atoms with Gasteiger partial charge in [-0.3, -0.25) is 9.69 Å². The van der Waals surface area contributed by atoms with Crippen molar-refractivity contribution in [2.45, 2.75) is 17.2 Å². The molecule has 1 fully saturated rings. The normalized spacial score (nSPS) is 15.2. The molecule has 0 spiro atoms. The predicted molar refractivity (Wildman–Crippen MR) is 119 cm³/mol. The van der Waals surface area contributed by atoms with Crippen LogP contribution in [0.5, 0.6) is 0 Å². The number of hydrogen-bond donors (Lipinski definition) is 1. The molecule has 32 heavy (non-hydrogen) atoms. The summed E-state index contributed by atoms with van der Waals surface area (Å²) in [6.45, 7) is 4.35. The maximum absolute atomic E-state index is 14.0. The number of nitrogens with zero attached hydrogens (tertiary/aromatic N) is 2. The van der Waals surface area contributed by atoms with E-state index in [1.54, 1.807) is 34.9 Å². The molecule has 9 heteroatoms. The summed E-state index contributed by atoms with van der Waals surface area (Å²) in [5.41, 5.74) is 0.758. The van der Waals surface area contributed by atoms with Gasteiger partial charge in [0.2, 0.25) is 5.91 Å². The van der Waals surface area contributed by atoms with Gasteiger partial charge in [0.1, 0.15) is 12.4 Å². The molecule has 0 atom stereocenters. The lowest BCUT2D eigenvalue weighted by molar-refractivity contribution is -0.121. The van der Waals surface area contributed by atoms with E-state index in [0.29, 0.717) is 30.7 Å². The van der Waals surface area contributed by atoms with E-state index in [0.717, 1.165) is 19.6 Å². The number of amides is 1. The van der Waals surface area contributed by atoms with E-state index in [9.17, 15) is 17.6 Å². The molecule has 1 aromatic heterocycles. The van der Waals surface area contributed by atoms with Crippen LogP contribution in [0.3, 0.4) is 0 Å². The van der Waals surface area contributed by atoms with E-state index in [1.807, 2.05) is 0 Å². The van der Waals surface area contributed by atoms with Crippen molar-refractivity contribution in [3.05, 3.63) is 66.1 Å². The molecule has 1 N–H and O–H groups in total. The number of rotatable bonds is 8. The molecule has 7 nitrogen and oxygen atoms in total. The summed E-state index contributed by atoms with van der Waals surface area (Å²) in [4.78, 5) is 14.8. The van der Waals surface area contributed by atoms with Gasteiger partial charge < -0.3 is 14.6 Å². The standard InChI is InChI=1S/C23H26FN3O4S/c24-20-7-3-1-5-18(20)17-32(29,30)22-15-27(21-8-4-2-6-19(21)22)16-23(28)25-9-10-26-11-13-31-14-12-26/h1-8,15H,9-14,16-17H2,(H,25,28). The number of carbonyl (C=O) groups is 1. The quantitative estimate of drug-likeness (QED) is 0.559. The van der Waals surface area contributed by atoms with Crippen LogP contribution in [0, 0.1) is 5.82 Å². The number of benzene rings is 2. The molecule has 170 valence electrons. The van der Waals surface area contributed by atoms with Crippen LogP contribution in [0.25, 0.3) is 10.9 Å². The number of hydrogen-bond acceptors (Lipinski definition) is 5. The summed E-state index contributed by atoms with van der Waals surface area (Å²) in [7, 11) is -3.82. The third kappa shape index (κ3) is 5.17. The highest BCUT2D eigenvalue weighted by molar-refractivity contribution is 7.90. The summed E-state index contributed by atoms with van der Waals surface area (Å²) >= 11 is 0. The van der Waals surface area contributed by atoms with E-state index in [4.69, 9.17) is 4.74 Å². The summed E-state index contributed by atoms with van der Waals surface area (Å²) < 4.78 is 47.2. The molecule has 1 amide bonds. The molecule has 0 saturated carbocycles. The number of morpholine rings is 1. The van der Waals surface area contributed by atoms with Gasteiger partial charge >= 0.3 is 0 Å². The number of halogens is 1. The molecular formula is C23H26FN3O4S. The van der Waals surface area contributed by atoms with Crippen LogP contribution in [0.1, 0.15) is 5.56 Å². The van der Waals surface area contributed by atoms with Crippen molar-refractivity contribution in [2.24, 2.45) is 0 Å². The first-order valence-corrected chi connectivity index (χ1v) is 12.2. The molecular weight excluding hydrogens is 433 g/mol. The van der Waals surface area contributed by atoms with Gasteiger partial charge in [0.15, 0.2) is 9.84 Å². The highest BCUT2D eigenvalue weighted by atomic mass is 32.2. The maximum Gasteiger partial charge on any atom is 0.239 e. The van der Waals surface area contributed by atoms with Crippen LogP contribution >= 0.6 is 0 Å². The number of sulfone groups is 1. The number of ether oxygens (including phenoxy) is 1. The predicted octanol–water partition coefficient (Wildman–Crippen LogP) is 2.20. The largest absolute Gasteiger partial charge is 0.379 e. The SMILES string of the molecule is O=C(Cn1cc(S(=O)(=O)Cc2ccccc2F)c2ccccc21)NCCN1CCOCC1. The van der Waals surface area contributed by atoms with Gasteiger partial charge in [-0.25, -0.2) is 12.8 Å². The molecule has 4 rings (SSSR count). The Morgan fingerprint density at radius 1 is 1.06 bits per heavy atom. The molecule has 2 heterocycles. The van der Waals surface area contributed by atoms with Crippen molar-refractivity contribution in [2.75, 3.05) is 39.4 Å². The smallest absolute Gasteiger partial charge is 0.239 e. The van der Waals surface area contributed by atoms with E-state index in [2.05, 4.69) is 10.2 Å².